The zero-order chi connectivity index (χ0) is 20.3. The average molecular weight is 441 g/mol. The van der Waals surface area contributed by atoms with Crippen LogP contribution in [0.25, 0.3) is 0 Å². The lowest BCUT2D eigenvalue weighted by Crippen LogP contribution is -2.50. The van der Waals surface area contributed by atoms with Crippen molar-refractivity contribution < 1.29 is 13.2 Å². The van der Waals surface area contributed by atoms with Gasteiger partial charge in [-0.05, 0) is 31.0 Å². The summed E-state index contributed by atoms with van der Waals surface area (Å²) in [5.74, 6) is 0.0402. The summed E-state index contributed by atoms with van der Waals surface area (Å²) in [6.07, 6.45) is 1.09. The number of hydrogen-bond acceptors (Lipinski definition) is 3. The van der Waals surface area contributed by atoms with E-state index in [1.54, 1.807) is 17.0 Å². The van der Waals surface area contributed by atoms with E-state index in [0.29, 0.717) is 25.9 Å². The molecule has 2 aromatic carbocycles. The van der Waals surface area contributed by atoms with Crippen LogP contribution in [0.1, 0.15) is 17.5 Å². The number of sulfonamides is 1. The number of rotatable bonds is 5. The zero-order valence-electron chi connectivity index (χ0n) is 15.6. The van der Waals surface area contributed by atoms with Crippen molar-refractivity contribution in [3.63, 3.8) is 0 Å². The van der Waals surface area contributed by atoms with Gasteiger partial charge in [-0.25, -0.2) is 8.42 Å². The number of halogens is 2. The van der Waals surface area contributed by atoms with Crippen molar-refractivity contribution >= 4 is 39.1 Å². The lowest BCUT2D eigenvalue weighted by Gasteiger charge is -2.34. The molecule has 0 aromatic heterocycles. The molecule has 1 heterocycles. The topological polar surface area (TPSA) is 57.7 Å². The van der Waals surface area contributed by atoms with E-state index in [1.807, 2.05) is 31.2 Å². The van der Waals surface area contributed by atoms with Gasteiger partial charge < -0.3 is 4.90 Å². The molecular weight excluding hydrogens is 419 g/mol. The van der Waals surface area contributed by atoms with Gasteiger partial charge in [0.15, 0.2) is 0 Å². The van der Waals surface area contributed by atoms with Crippen molar-refractivity contribution in [1.29, 1.82) is 0 Å². The Morgan fingerprint density at radius 3 is 2.29 bits per heavy atom. The molecule has 0 aliphatic carbocycles. The largest absolute Gasteiger partial charge is 0.340 e. The molecule has 1 aliphatic heterocycles. The third-order valence-electron chi connectivity index (χ3n) is 4.87. The normalized spacial score (nSPS) is 15.6. The molecule has 2 aromatic rings. The summed E-state index contributed by atoms with van der Waals surface area (Å²) >= 11 is 12.0. The fraction of sp³-hybridized carbons (Fsp3) is 0.350. The number of benzene rings is 2. The molecule has 0 saturated carbocycles. The van der Waals surface area contributed by atoms with Gasteiger partial charge in [-0.15, -0.1) is 0 Å². The maximum Gasteiger partial charge on any atom is 0.244 e. The van der Waals surface area contributed by atoms with Crippen LogP contribution in [0.4, 0.5) is 0 Å². The van der Waals surface area contributed by atoms with E-state index in [0.717, 1.165) is 5.56 Å². The molecule has 0 unspecified atom stereocenters. The van der Waals surface area contributed by atoms with E-state index in [1.165, 1.54) is 15.9 Å². The molecule has 0 N–H and O–H groups in total. The van der Waals surface area contributed by atoms with E-state index in [-0.39, 0.29) is 33.9 Å². The first-order valence-corrected chi connectivity index (χ1v) is 11.3. The van der Waals surface area contributed by atoms with Gasteiger partial charge in [0.1, 0.15) is 4.90 Å². The molecule has 5 nitrogen and oxygen atoms in total. The predicted octanol–water partition coefficient (Wildman–Crippen LogP) is 3.77. The second-order valence-corrected chi connectivity index (χ2v) is 9.51. The maximum atomic E-state index is 12.9. The Morgan fingerprint density at radius 1 is 1.00 bits per heavy atom. The molecule has 1 aliphatic rings. The monoisotopic (exact) mass is 440 g/mol. The molecule has 0 atom stereocenters. The lowest BCUT2D eigenvalue weighted by atomic mass is 10.1. The molecule has 0 spiro atoms. The van der Waals surface area contributed by atoms with Gasteiger partial charge >= 0.3 is 0 Å². The highest BCUT2D eigenvalue weighted by molar-refractivity contribution is 7.89. The minimum absolute atomic E-state index is 0.000754. The van der Waals surface area contributed by atoms with Gasteiger partial charge in [0.05, 0.1) is 10.0 Å². The number of carbonyl (C=O) groups excluding carboxylic acids is 1. The van der Waals surface area contributed by atoms with Gasteiger partial charge in [0.25, 0.3) is 0 Å². The minimum Gasteiger partial charge on any atom is -0.340 e. The highest BCUT2D eigenvalue weighted by Crippen LogP contribution is 2.31. The number of hydrogen-bond donors (Lipinski definition) is 0. The first-order valence-electron chi connectivity index (χ1n) is 9.06. The van der Waals surface area contributed by atoms with Crippen molar-refractivity contribution in [2.75, 3.05) is 26.2 Å². The molecule has 1 fully saturated rings. The Bertz CT molecular complexity index is 954. The van der Waals surface area contributed by atoms with Gasteiger partial charge in [0.2, 0.25) is 15.9 Å². The summed E-state index contributed by atoms with van der Waals surface area (Å²) in [4.78, 5) is 14.2. The van der Waals surface area contributed by atoms with Gasteiger partial charge in [-0.2, -0.15) is 4.31 Å². The second-order valence-electron chi connectivity index (χ2n) is 6.82. The summed E-state index contributed by atoms with van der Waals surface area (Å²) in [7, 11) is -3.74. The highest BCUT2D eigenvalue weighted by atomic mass is 35.5. The minimum atomic E-state index is -3.74. The van der Waals surface area contributed by atoms with Crippen LogP contribution in [-0.2, 0) is 21.2 Å². The van der Waals surface area contributed by atoms with Crippen molar-refractivity contribution in [1.82, 2.24) is 9.21 Å². The number of aryl methyl sites for hydroxylation is 2. The summed E-state index contributed by atoms with van der Waals surface area (Å²) < 4.78 is 27.1. The van der Waals surface area contributed by atoms with Gasteiger partial charge in [-0.3, -0.25) is 4.79 Å². The molecule has 150 valence electrons. The smallest absolute Gasteiger partial charge is 0.244 e. The van der Waals surface area contributed by atoms with Crippen molar-refractivity contribution in [3.05, 3.63) is 63.6 Å². The number of carbonyl (C=O) groups is 1. The van der Waals surface area contributed by atoms with Crippen molar-refractivity contribution in [2.24, 2.45) is 0 Å². The fourth-order valence-corrected chi connectivity index (χ4v) is 5.32. The fourth-order valence-electron chi connectivity index (χ4n) is 3.16. The Labute approximate surface area is 175 Å². The third kappa shape index (κ3) is 4.69. The number of piperazine rings is 1. The summed E-state index contributed by atoms with van der Waals surface area (Å²) in [6, 6.07) is 12.7. The summed E-state index contributed by atoms with van der Waals surface area (Å²) in [5.41, 5.74) is 2.31. The molecular formula is C20H22Cl2N2O3S. The van der Waals surface area contributed by atoms with E-state index >= 15 is 0 Å². The van der Waals surface area contributed by atoms with E-state index < -0.39 is 10.0 Å². The van der Waals surface area contributed by atoms with Crippen LogP contribution in [0, 0.1) is 6.92 Å². The Hall–Kier alpha value is -1.60. The molecule has 28 heavy (non-hydrogen) atoms. The second kappa shape index (κ2) is 8.82. The molecule has 1 amide bonds. The van der Waals surface area contributed by atoms with E-state index in [4.69, 9.17) is 23.2 Å². The van der Waals surface area contributed by atoms with Crippen LogP contribution in [0.5, 0.6) is 0 Å². The van der Waals surface area contributed by atoms with Crippen LogP contribution < -0.4 is 0 Å². The first kappa shape index (κ1) is 21.1. The lowest BCUT2D eigenvalue weighted by molar-refractivity contribution is -0.132. The summed E-state index contributed by atoms with van der Waals surface area (Å²) in [6.45, 7) is 3.23. The highest BCUT2D eigenvalue weighted by Gasteiger charge is 2.31. The molecule has 0 bridgehead atoms. The average Bonchev–Trinajstić information content (AvgIpc) is 2.69. The Balaban J connectivity index is 1.58. The van der Waals surface area contributed by atoms with Crippen LogP contribution in [0.15, 0.2) is 47.4 Å². The van der Waals surface area contributed by atoms with Crippen molar-refractivity contribution in [2.45, 2.75) is 24.7 Å². The Kier molecular flexibility index (Phi) is 6.65. The number of nitrogens with zero attached hydrogens (tertiary/aromatic N) is 2. The predicted molar refractivity (Wildman–Crippen MR) is 111 cm³/mol. The van der Waals surface area contributed by atoms with Crippen molar-refractivity contribution in [3.8, 4) is 0 Å². The van der Waals surface area contributed by atoms with Crippen LogP contribution >= 0.6 is 23.2 Å². The summed E-state index contributed by atoms with van der Waals surface area (Å²) in [5, 5.41) is 0.230. The Morgan fingerprint density at radius 2 is 1.64 bits per heavy atom. The van der Waals surface area contributed by atoms with Crippen LogP contribution in [-0.4, -0.2) is 49.7 Å². The molecule has 0 radical (unpaired) electrons. The van der Waals surface area contributed by atoms with Crippen LogP contribution in [0.3, 0.4) is 0 Å². The third-order valence-corrected chi connectivity index (χ3v) is 7.75. The molecule has 1 saturated heterocycles. The maximum absolute atomic E-state index is 12.9. The molecule has 3 rings (SSSR count). The van der Waals surface area contributed by atoms with Crippen LogP contribution in [0.2, 0.25) is 10.0 Å². The first-order chi connectivity index (χ1) is 13.3. The standard InChI is InChI=1S/C20H22Cl2N2O3S/c1-15-5-7-16(8-6-15)9-10-19(25)23-11-13-24(14-12-23)28(26,27)18-4-2-3-17(21)20(18)22/h2-8H,9-14H2,1H3. The van der Waals surface area contributed by atoms with Gasteiger partial charge in [-0.1, -0.05) is 59.1 Å². The molecule has 8 heteroatoms. The van der Waals surface area contributed by atoms with E-state index in [2.05, 4.69) is 0 Å². The SMILES string of the molecule is Cc1ccc(CCC(=O)N2CCN(S(=O)(=O)c3cccc(Cl)c3Cl)CC2)cc1. The zero-order valence-corrected chi connectivity index (χ0v) is 17.9. The van der Waals surface area contributed by atoms with E-state index in [9.17, 15) is 13.2 Å². The van der Waals surface area contributed by atoms with Gasteiger partial charge in [0, 0.05) is 32.6 Å². The quantitative estimate of drug-likeness (QED) is 0.710. The number of amides is 1.